The largest absolute Gasteiger partial charge is 0.490 e. The predicted molar refractivity (Wildman–Crippen MR) is 124 cm³/mol. The number of hydrogen-bond donors (Lipinski definition) is 1. The quantitative estimate of drug-likeness (QED) is 0.498. The lowest BCUT2D eigenvalue weighted by atomic mass is 10.1. The normalized spacial score (nSPS) is 13.1. The average molecular weight is 471 g/mol. The van der Waals surface area contributed by atoms with Gasteiger partial charge >= 0.3 is 0 Å². The number of amides is 1. The zero-order valence-electron chi connectivity index (χ0n) is 18.7. The SMILES string of the molecule is CC(C)n1c(Cc2ccc3c(c2)OCCCO3)nnc1SCC(=O)NCc1ccc(F)cc1. The Morgan fingerprint density at radius 1 is 1.09 bits per heavy atom. The third kappa shape index (κ3) is 6.04. The van der Waals surface area contributed by atoms with Gasteiger partial charge in [0.2, 0.25) is 5.91 Å². The van der Waals surface area contributed by atoms with Crippen molar-refractivity contribution in [3.63, 3.8) is 0 Å². The van der Waals surface area contributed by atoms with E-state index in [2.05, 4.69) is 33.9 Å². The first-order valence-electron chi connectivity index (χ1n) is 11.0. The minimum absolute atomic E-state index is 0.118. The van der Waals surface area contributed by atoms with E-state index >= 15 is 0 Å². The van der Waals surface area contributed by atoms with Gasteiger partial charge in [-0.05, 0) is 49.2 Å². The molecule has 1 aromatic heterocycles. The van der Waals surface area contributed by atoms with Gasteiger partial charge in [0.05, 0.1) is 19.0 Å². The molecule has 0 spiro atoms. The number of hydrogen-bond acceptors (Lipinski definition) is 6. The second kappa shape index (κ2) is 10.7. The Labute approximate surface area is 196 Å². The molecule has 4 rings (SSSR count). The summed E-state index contributed by atoms with van der Waals surface area (Å²) in [5, 5.41) is 12.3. The van der Waals surface area contributed by atoms with Gasteiger partial charge in [0, 0.05) is 25.4 Å². The smallest absolute Gasteiger partial charge is 0.230 e. The summed E-state index contributed by atoms with van der Waals surface area (Å²) < 4.78 is 26.6. The van der Waals surface area contributed by atoms with Gasteiger partial charge in [0.1, 0.15) is 11.6 Å². The monoisotopic (exact) mass is 470 g/mol. The fourth-order valence-corrected chi connectivity index (χ4v) is 4.45. The lowest BCUT2D eigenvalue weighted by molar-refractivity contribution is -0.118. The number of carbonyl (C=O) groups excluding carboxylic acids is 1. The molecule has 2 heterocycles. The van der Waals surface area contributed by atoms with Gasteiger partial charge in [-0.25, -0.2) is 4.39 Å². The van der Waals surface area contributed by atoms with E-state index in [9.17, 15) is 9.18 Å². The van der Waals surface area contributed by atoms with Crippen LogP contribution in [-0.4, -0.2) is 39.6 Å². The summed E-state index contributed by atoms with van der Waals surface area (Å²) in [6, 6.07) is 12.2. The lowest BCUT2D eigenvalue weighted by Gasteiger charge is -2.14. The highest BCUT2D eigenvalue weighted by molar-refractivity contribution is 7.99. The molecule has 0 fully saturated rings. The van der Waals surface area contributed by atoms with E-state index < -0.39 is 0 Å². The third-order valence-corrected chi connectivity index (χ3v) is 6.10. The van der Waals surface area contributed by atoms with Crippen LogP contribution >= 0.6 is 11.8 Å². The third-order valence-electron chi connectivity index (χ3n) is 5.16. The molecule has 0 unspecified atom stereocenters. The molecule has 7 nitrogen and oxygen atoms in total. The molecule has 1 N–H and O–H groups in total. The number of nitrogens with zero attached hydrogens (tertiary/aromatic N) is 3. The maximum atomic E-state index is 13.0. The van der Waals surface area contributed by atoms with E-state index in [1.54, 1.807) is 12.1 Å². The Balaban J connectivity index is 1.39. The molecule has 0 atom stereocenters. The molecule has 3 aromatic rings. The summed E-state index contributed by atoms with van der Waals surface area (Å²) in [5.41, 5.74) is 1.90. The first-order chi connectivity index (χ1) is 16.0. The molecule has 0 bridgehead atoms. The van der Waals surface area contributed by atoms with Gasteiger partial charge in [-0.2, -0.15) is 0 Å². The fourth-order valence-electron chi connectivity index (χ4n) is 3.53. The van der Waals surface area contributed by atoms with E-state index in [0.29, 0.717) is 31.3 Å². The molecule has 2 aromatic carbocycles. The van der Waals surface area contributed by atoms with Gasteiger partial charge in [0.15, 0.2) is 16.7 Å². The van der Waals surface area contributed by atoms with Crippen LogP contribution < -0.4 is 14.8 Å². The summed E-state index contributed by atoms with van der Waals surface area (Å²) in [6.45, 7) is 5.79. The number of fused-ring (bicyclic) bond motifs is 1. The van der Waals surface area contributed by atoms with Gasteiger partial charge in [-0.15, -0.1) is 10.2 Å². The highest BCUT2D eigenvalue weighted by Gasteiger charge is 2.18. The molecular weight excluding hydrogens is 443 g/mol. The molecule has 1 aliphatic heterocycles. The van der Waals surface area contributed by atoms with Gasteiger partial charge < -0.3 is 19.4 Å². The van der Waals surface area contributed by atoms with Crippen LogP contribution in [0.4, 0.5) is 4.39 Å². The van der Waals surface area contributed by atoms with Crippen LogP contribution in [0.3, 0.4) is 0 Å². The van der Waals surface area contributed by atoms with Crippen LogP contribution in [0.2, 0.25) is 0 Å². The molecule has 0 aliphatic carbocycles. The number of nitrogens with one attached hydrogen (secondary N) is 1. The van der Waals surface area contributed by atoms with Gasteiger partial charge in [-0.1, -0.05) is 30.0 Å². The summed E-state index contributed by atoms with van der Waals surface area (Å²) in [6.07, 6.45) is 1.46. The van der Waals surface area contributed by atoms with Crippen molar-refractivity contribution in [2.45, 2.75) is 44.4 Å². The Kier molecular flexibility index (Phi) is 7.49. The van der Waals surface area contributed by atoms with E-state index in [-0.39, 0.29) is 23.5 Å². The zero-order valence-corrected chi connectivity index (χ0v) is 19.5. The van der Waals surface area contributed by atoms with Crippen LogP contribution in [0.1, 0.15) is 43.3 Å². The van der Waals surface area contributed by atoms with Crippen molar-refractivity contribution in [1.82, 2.24) is 20.1 Å². The van der Waals surface area contributed by atoms with Crippen molar-refractivity contribution < 1.29 is 18.7 Å². The number of halogens is 1. The second-order valence-electron chi connectivity index (χ2n) is 8.06. The maximum Gasteiger partial charge on any atom is 0.230 e. The van der Waals surface area contributed by atoms with E-state index in [0.717, 1.165) is 34.9 Å². The predicted octanol–water partition coefficient (Wildman–Crippen LogP) is 4.16. The van der Waals surface area contributed by atoms with E-state index in [4.69, 9.17) is 9.47 Å². The molecule has 9 heteroatoms. The average Bonchev–Trinajstić information content (AvgIpc) is 3.05. The first-order valence-corrected chi connectivity index (χ1v) is 11.9. The second-order valence-corrected chi connectivity index (χ2v) is 9.01. The van der Waals surface area contributed by atoms with Gasteiger partial charge in [0.25, 0.3) is 0 Å². The Bertz CT molecular complexity index is 1100. The van der Waals surface area contributed by atoms with E-state index in [1.165, 1.54) is 23.9 Å². The van der Waals surface area contributed by atoms with Crippen molar-refractivity contribution >= 4 is 17.7 Å². The minimum atomic E-state index is -0.295. The van der Waals surface area contributed by atoms with Crippen molar-refractivity contribution in [3.8, 4) is 11.5 Å². The molecule has 1 aliphatic rings. The molecule has 0 radical (unpaired) electrons. The van der Waals surface area contributed by atoms with E-state index in [1.807, 2.05) is 18.2 Å². The number of aromatic nitrogens is 3. The zero-order chi connectivity index (χ0) is 23.2. The summed E-state index contributed by atoms with van der Waals surface area (Å²) in [7, 11) is 0. The maximum absolute atomic E-state index is 13.0. The highest BCUT2D eigenvalue weighted by Crippen LogP contribution is 2.31. The van der Waals surface area contributed by atoms with Crippen LogP contribution in [-0.2, 0) is 17.8 Å². The summed E-state index contributed by atoms with van der Waals surface area (Å²) in [5.74, 6) is 2.16. The standard InChI is InChI=1S/C24H27FN4O3S/c1-16(2)29-22(13-18-6-9-20-21(12-18)32-11-3-10-31-20)27-28-24(29)33-15-23(30)26-14-17-4-7-19(25)8-5-17/h4-9,12,16H,3,10-11,13-15H2,1-2H3,(H,26,30). The minimum Gasteiger partial charge on any atom is -0.490 e. The van der Waals surface area contributed by atoms with Crippen molar-refractivity contribution in [3.05, 3.63) is 65.2 Å². The molecule has 174 valence electrons. The Morgan fingerprint density at radius 3 is 2.58 bits per heavy atom. The Morgan fingerprint density at radius 2 is 1.82 bits per heavy atom. The van der Waals surface area contributed by atoms with Crippen molar-refractivity contribution in [1.29, 1.82) is 0 Å². The molecule has 33 heavy (non-hydrogen) atoms. The fraction of sp³-hybridized carbons (Fsp3) is 0.375. The number of rotatable bonds is 8. The lowest BCUT2D eigenvalue weighted by Crippen LogP contribution is -2.24. The van der Waals surface area contributed by atoms with Gasteiger partial charge in [-0.3, -0.25) is 4.79 Å². The summed E-state index contributed by atoms with van der Waals surface area (Å²) >= 11 is 1.35. The van der Waals surface area contributed by atoms with Crippen LogP contribution in [0.25, 0.3) is 0 Å². The topological polar surface area (TPSA) is 78.3 Å². The summed E-state index contributed by atoms with van der Waals surface area (Å²) in [4.78, 5) is 12.3. The van der Waals surface area contributed by atoms with Crippen molar-refractivity contribution in [2.24, 2.45) is 0 Å². The van der Waals surface area contributed by atoms with Crippen LogP contribution in [0.15, 0.2) is 47.6 Å². The van der Waals surface area contributed by atoms with Crippen LogP contribution in [0.5, 0.6) is 11.5 Å². The van der Waals surface area contributed by atoms with Crippen molar-refractivity contribution in [2.75, 3.05) is 19.0 Å². The molecule has 1 amide bonds. The first kappa shape index (κ1) is 23.1. The number of carbonyl (C=O) groups is 1. The number of thioether (sulfide) groups is 1. The highest BCUT2D eigenvalue weighted by atomic mass is 32.2. The Hall–Kier alpha value is -3.07. The molecule has 0 saturated heterocycles. The number of benzene rings is 2. The van der Waals surface area contributed by atoms with Crippen LogP contribution in [0, 0.1) is 5.82 Å². The molecular formula is C24H27FN4O3S. The molecule has 0 saturated carbocycles. The number of ether oxygens (including phenoxy) is 2.